The largest absolute Gasteiger partial charge is 0.277 e. The lowest BCUT2D eigenvalue weighted by Gasteiger charge is -2.21. The summed E-state index contributed by atoms with van der Waals surface area (Å²) in [5.41, 5.74) is 11.5. The van der Waals surface area contributed by atoms with E-state index in [1.807, 2.05) is 18.2 Å². The minimum atomic E-state index is -0.0668. The molecule has 0 saturated heterocycles. The Morgan fingerprint density at radius 2 is 0.914 bits per heavy atom. The van der Waals surface area contributed by atoms with E-state index in [0.717, 1.165) is 44.1 Å². The molecule has 4 heteroatoms. The fourth-order valence-corrected chi connectivity index (χ4v) is 9.70. The third kappa shape index (κ3) is 4.72. The summed E-state index contributed by atoms with van der Waals surface area (Å²) in [5.74, 6) is 1.84. The minimum Gasteiger partial charge on any atom is -0.277 e. The second kappa shape index (κ2) is 12.3. The minimum absolute atomic E-state index is 0.0668. The van der Waals surface area contributed by atoms with Crippen molar-refractivity contribution in [1.82, 2.24) is 19.5 Å². The summed E-state index contributed by atoms with van der Waals surface area (Å²) in [6, 6.07) is 65.4. The molecule has 12 rings (SSSR count). The highest BCUT2D eigenvalue weighted by atomic mass is 15.2. The summed E-state index contributed by atoms with van der Waals surface area (Å²) in [6.45, 7) is 4.66. The highest BCUT2D eigenvalue weighted by molar-refractivity contribution is 6.25. The second-order valence-corrected chi connectivity index (χ2v) is 16.0. The number of hydrogen-bond acceptors (Lipinski definition) is 3. The van der Waals surface area contributed by atoms with Crippen molar-refractivity contribution in [2.45, 2.75) is 19.3 Å². The number of rotatable bonds is 4. The maximum atomic E-state index is 5.40. The third-order valence-corrected chi connectivity index (χ3v) is 12.4. The van der Waals surface area contributed by atoms with Gasteiger partial charge in [-0.1, -0.05) is 178 Å². The standard InChI is InChI=1S/C54H36N4/c1-54(2)47-25-12-10-21-42(47)46-31-34(28-30-48(46)54)36-23-14-24-44-43-22-11-13-26-49(43)58(50(36)44)53-56-51(33-15-4-3-5-16-33)55-52(57-53)35-27-29-41-39-19-7-6-17-37(39)38-18-8-9-20-40(38)45(41)32-35/h3-32H,1-2H3. The van der Waals surface area contributed by atoms with E-state index in [9.17, 15) is 0 Å². The quantitative estimate of drug-likeness (QED) is 0.169. The van der Waals surface area contributed by atoms with Crippen molar-refractivity contribution < 1.29 is 0 Å². The third-order valence-electron chi connectivity index (χ3n) is 12.4. The van der Waals surface area contributed by atoms with Gasteiger partial charge in [-0.3, -0.25) is 4.57 Å². The molecule has 4 nitrogen and oxygen atoms in total. The zero-order valence-electron chi connectivity index (χ0n) is 32.1. The molecule has 1 aliphatic rings. The maximum Gasteiger partial charge on any atom is 0.238 e. The first-order valence-corrected chi connectivity index (χ1v) is 20.0. The fourth-order valence-electron chi connectivity index (χ4n) is 9.70. The van der Waals surface area contributed by atoms with Crippen LogP contribution in [0.25, 0.3) is 105 Å². The summed E-state index contributed by atoms with van der Waals surface area (Å²) in [4.78, 5) is 15.9. The van der Waals surface area contributed by atoms with Crippen molar-refractivity contribution >= 4 is 54.1 Å². The van der Waals surface area contributed by atoms with Crippen LogP contribution < -0.4 is 0 Å². The Balaban J connectivity index is 1.13. The van der Waals surface area contributed by atoms with Crippen molar-refractivity contribution in [3.05, 3.63) is 193 Å². The van der Waals surface area contributed by atoms with E-state index in [1.54, 1.807) is 0 Å². The molecule has 0 N–H and O–H groups in total. The molecule has 0 spiro atoms. The average Bonchev–Trinajstić information content (AvgIpc) is 3.75. The molecule has 0 unspecified atom stereocenters. The Kier molecular flexibility index (Phi) is 6.94. The van der Waals surface area contributed by atoms with Gasteiger partial charge in [0.15, 0.2) is 11.6 Å². The average molecular weight is 741 g/mol. The number of hydrogen-bond donors (Lipinski definition) is 0. The molecule has 11 aromatic rings. The first-order valence-electron chi connectivity index (χ1n) is 20.0. The molecule has 0 saturated carbocycles. The lowest BCUT2D eigenvalue weighted by molar-refractivity contribution is 0.660. The monoisotopic (exact) mass is 740 g/mol. The van der Waals surface area contributed by atoms with Crippen molar-refractivity contribution in [3.8, 4) is 51.0 Å². The van der Waals surface area contributed by atoms with Crippen LogP contribution in [0.2, 0.25) is 0 Å². The molecule has 0 bridgehead atoms. The summed E-state index contributed by atoms with van der Waals surface area (Å²) >= 11 is 0. The van der Waals surface area contributed by atoms with E-state index in [2.05, 4.69) is 182 Å². The van der Waals surface area contributed by atoms with Crippen LogP contribution in [0.15, 0.2) is 182 Å². The number of aromatic nitrogens is 4. The van der Waals surface area contributed by atoms with Crippen LogP contribution in [0.5, 0.6) is 0 Å². The van der Waals surface area contributed by atoms with Gasteiger partial charge < -0.3 is 0 Å². The predicted octanol–water partition coefficient (Wildman–Crippen LogP) is 13.7. The van der Waals surface area contributed by atoms with Gasteiger partial charge in [-0.2, -0.15) is 9.97 Å². The number of benzene rings is 9. The Labute approximate surface area is 335 Å². The summed E-state index contributed by atoms with van der Waals surface area (Å²) in [5, 5.41) is 9.63. The number of para-hydroxylation sites is 2. The van der Waals surface area contributed by atoms with Gasteiger partial charge in [-0.25, -0.2) is 4.98 Å². The van der Waals surface area contributed by atoms with Gasteiger partial charge in [0, 0.05) is 32.9 Å². The fraction of sp³-hybridized carbons (Fsp3) is 0.0556. The molecule has 2 heterocycles. The van der Waals surface area contributed by atoms with E-state index in [1.165, 1.54) is 54.6 Å². The van der Waals surface area contributed by atoms with Crippen molar-refractivity contribution in [2.24, 2.45) is 0 Å². The predicted molar refractivity (Wildman–Crippen MR) is 241 cm³/mol. The molecular formula is C54H36N4. The lowest BCUT2D eigenvalue weighted by Crippen LogP contribution is -2.14. The molecule has 58 heavy (non-hydrogen) atoms. The molecule has 1 aliphatic carbocycles. The van der Waals surface area contributed by atoms with Crippen LogP contribution in [0.1, 0.15) is 25.0 Å². The molecule has 0 aliphatic heterocycles. The zero-order valence-corrected chi connectivity index (χ0v) is 32.1. The van der Waals surface area contributed by atoms with Crippen LogP contribution in [0.3, 0.4) is 0 Å². The van der Waals surface area contributed by atoms with Crippen LogP contribution in [0.4, 0.5) is 0 Å². The van der Waals surface area contributed by atoms with E-state index in [0.29, 0.717) is 17.6 Å². The molecule has 0 atom stereocenters. The topological polar surface area (TPSA) is 43.6 Å². The first-order chi connectivity index (χ1) is 28.5. The smallest absolute Gasteiger partial charge is 0.238 e. The highest BCUT2D eigenvalue weighted by Gasteiger charge is 2.35. The van der Waals surface area contributed by atoms with Crippen molar-refractivity contribution in [1.29, 1.82) is 0 Å². The Morgan fingerprint density at radius 3 is 1.67 bits per heavy atom. The van der Waals surface area contributed by atoms with Crippen LogP contribution in [0, 0.1) is 0 Å². The van der Waals surface area contributed by atoms with Crippen molar-refractivity contribution in [2.75, 3.05) is 0 Å². The van der Waals surface area contributed by atoms with Gasteiger partial charge in [0.05, 0.1) is 11.0 Å². The van der Waals surface area contributed by atoms with Crippen LogP contribution >= 0.6 is 0 Å². The number of fused-ring (bicyclic) bond motifs is 12. The van der Waals surface area contributed by atoms with E-state index >= 15 is 0 Å². The number of nitrogens with zero attached hydrogens (tertiary/aromatic N) is 4. The van der Waals surface area contributed by atoms with E-state index in [4.69, 9.17) is 15.0 Å². The molecular weight excluding hydrogens is 705 g/mol. The van der Waals surface area contributed by atoms with E-state index in [-0.39, 0.29) is 5.41 Å². The normalized spacial score (nSPS) is 13.1. The van der Waals surface area contributed by atoms with Gasteiger partial charge in [0.1, 0.15) is 0 Å². The SMILES string of the molecule is CC1(C)c2ccccc2-c2cc(-c3cccc4c5ccccc5n(-c5nc(-c6ccccc6)nc(-c6ccc7c8ccccc8c8ccccc8c7c6)n5)c34)ccc21. The maximum absolute atomic E-state index is 5.40. The van der Waals surface area contributed by atoms with Gasteiger partial charge in [-0.15, -0.1) is 0 Å². The Bertz CT molecular complexity index is 3450. The first kappa shape index (κ1) is 32.8. The van der Waals surface area contributed by atoms with Crippen LogP contribution in [-0.4, -0.2) is 19.5 Å². The lowest BCUT2D eigenvalue weighted by atomic mass is 9.82. The molecule has 0 fully saturated rings. The molecule has 272 valence electrons. The van der Waals surface area contributed by atoms with E-state index < -0.39 is 0 Å². The summed E-state index contributed by atoms with van der Waals surface area (Å²) in [7, 11) is 0. The van der Waals surface area contributed by atoms with Crippen molar-refractivity contribution in [3.63, 3.8) is 0 Å². The van der Waals surface area contributed by atoms with Gasteiger partial charge in [0.25, 0.3) is 0 Å². The molecule has 9 aromatic carbocycles. The van der Waals surface area contributed by atoms with Gasteiger partial charge in [0.2, 0.25) is 5.95 Å². The highest BCUT2D eigenvalue weighted by Crippen LogP contribution is 2.50. The second-order valence-electron chi connectivity index (χ2n) is 16.0. The Hall–Kier alpha value is -7.43. The molecule has 2 aromatic heterocycles. The van der Waals surface area contributed by atoms with Gasteiger partial charge >= 0.3 is 0 Å². The summed E-state index contributed by atoms with van der Waals surface area (Å²) < 4.78 is 2.26. The Morgan fingerprint density at radius 1 is 0.362 bits per heavy atom. The van der Waals surface area contributed by atoms with Crippen LogP contribution in [-0.2, 0) is 5.41 Å². The molecule has 0 radical (unpaired) electrons. The van der Waals surface area contributed by atoms with Gasteiger partial charge in [-0.05, 0) is 78.3 Å². The summed E-state index contributed by atoms with van der Waals surface area (Å²) in [6.07, 6.45) is 0. The molecule has 0 amide bonds. The zero-order chi connectivity index (χ0) is 38.5.